The van der Waals surface area contributed by atoms with Gasteiger partial charge in [-0.3, -0.25) is 4.68 Å². The van der Waals surface area contributed by atoms with E-state index in [-0.39, 0.29) is 5.75 Å². The van der Waals surface area contributed by atoms with Gasteiger partial charge < -0.3 is 10.5 Å². The maximum Gasteiger partial charge on any atom is 0.165 e. The highest BCUT2D eigenvalue weighted by molar-refractivity contribution is 5.68. The van der Waals surface area contributed by atoms with Crippen molar-refractivity contribution in [3.8, 4) is 17.0 Å². The van der Waals surface area contributed by atoms with Crippen LogP contribution in [0.25, 0.3) is 11.3 Å². The molecule has 0 spiro atoms. The summed E-state index contributed by atoms with van der Waals surface area (Å²) in [6.45, 7) is 1.86. The van der Waals surface area contributed by atoms with Gasteiger partial charge in [0.2, 0.25) is 0 Å². The quantitative estimate of drug-likeness (QED) is 0.867. The van der Waals surface area contributed by atoms with Crippen LogP contribution in [0.1, 0.15) is 5.56 Å². The summed E-state index contributed by atoms with van der Waals surface area (Å²) in [5, 5.41) is 4.10. The van der Waals surface area contributed by atoms with Crippen molar-refractivity contribution in [1.29, 1.82) is 0 Å². The SMILES string of the molecule is COc1ccc(-c2c(C)c(N)nn2C)cc1F. The van der Waals surface area contributed by atoms with Crippen molar-refractivity contribution in [1.82, 2.24) is 9.78 Å². The Bertz CT molecular complexity index is 563. The highest BCUT2D eigenvalue weighted by Crippen LogP contribution is 2.29. The van der Waals surface area contributed by atoms with Gasteiger partial charge in [0, 0.05) is 18.2 Å². The average Bonchev–Trinajstić information content (AvgIpc) is 2.53. The Morgan fingerprint density at radius 3 is 2.59 bits per heavy atom. The summed E-state index contributed by atoms with van der Waals surface area (Å²) in [4.78, 5) is 0. The topological polar surface area (TPSA) is 53.1 Å². The summed E-state index contributed by atoms with van der Waals surface area (Å²) in [7, 11) is 3.21. The number of aryl methyl sites for hydroxylation is 1. The largest absolute Gasteiger partial charge is 0.494 e. The Morgan fingerprint density at radius 1 is 1.41 bits per heavy atom. The highest BCUT2D eigenvalue weighted by atomic mass is 19.1. The number of aromatic nitrogens is 2. The number of benzene rings is 1. The number of nitrogens with zero attached hydrogens (tertiary/aromatic N) is 2. The van der Waals surface area contributed by atoms with Gasteiger partial charge in [-0.1, -0.05) is 0 Å². The van der Waals surface area contributed by atoms with Crippen molar-refractivity contribution in [3.05, 3.63) is 29.6 Å². The molecule has 0 saturated heterocycles. The van der Waals surface area contributed by atoms with E-state index in [1.54, 1.807) is 23.9 Å². The second-order valence-corrected chi connectivity index (χ2v) is 3.83. The standard InChI is InChI=1S/C12H14FN3O/c1-7-11(16(2)15-12(7)14)8-4-5-10(17-3)9(13)6-8/h4-6H,1-3H3,(H2,14,15). The summed E-state index contributed by atoms with van der Waals surface area (Å²) in [5.74, 6) is 0.282. The molecule has 1 aromatic carbocycles. The molecule has 2 aromatic rings. The van der Waals surface area contributed by atoms with Gasteiger partial charge in [0.15, 0.2) is 11.6 Å². The molecular weight excluding hydrogens is 221 g/mol. The Hall–Kier alpha value is -2.04. The van der Waals surface area contributed by atoms with E-state index in [0.717, 1.165) is 16.8 Å². The number of hydrogen-bond acceptors (Lipinski definition) is 3. The molecule has 1 aromatic heterocycles. The Kier molecular flexibility index (Phi) is 2.75. The zero-order valence-corrected chi connectivity index (χ0v) is 9.99. The molecule has 0 unspecified atom stereocenters. The van der Waals surface area contributed by atoms with Crippen LogP contribution in [0.4, 0.5) is 10.2 Å². The number of halogens is 1. The molecule has 5 heteroatoms. The van der Waals surface area contributed by atoms with Crippen molar-refractivity contribution in [2.75, 3.05) is 12.8 Å². The monoisotopic (exact) mass is 235 g/mol. The minimum absolute atomic E-state index is 0.224. The van der Waals surface area contributed by atoms with Crippen LogP contribution < -0.4 is 10.5 Å². The molecule has 2 rings (SSSR count). The normalized spacial score (nSPS) is 10.6. The lowest BCUT2D eigenvalue weighted by molar-refractivity contribution is 0.386. The van der Waals surface area contributed by atoms with Crippen molar-refractivity contribution in [2.24, 2.45) is 7.05 Å². The highest BCUT2D eigenvalue weighted by Gasteiger charge is 2.13. The number of nitrogen functional groups attached to an aromatic ring is 1. The number of ether oxygens (including phenoxy) is 1. The Balaban J connectivity index is 2.57. The lowest BCUT2D eigenvalue weighted by Gasteiger charge is -2.06. The molecule has 0 radical (unpaired) electrons. The van der Waals surface area contributed by atoms with Gasteiger partial charge in [0.25, 0.3) is 0 Å². The van der Waals surface area contributed by atoms with Gasteiger partial charge in [0.1, 0.15) is 5.82 Å². The molecule has 0 atom stereocenters. The molecule has 0 fully saturated rings. The van der Waals surface area contributed by atoms with E-state index in [4.69, 9.17) is 10.5 Å². The minimum Gasteiger partial charge on any atom is -0.494 e. The first kappa shape index (κ1) is 11.4. The zero-order valence-electron chi connectivity index (χ0n) is 9.99. The molecule has 0 aliphatic rings. The third-order valence-electron chi connectivity index (χ3n) is 2.75. The smallest absolute Gasteiger partial charge is 0.165 e. The minimum atomic E-state index is -0.399. The summed E-state index contributed by atoms with van der Waals surface area (Å²) >= 11 is 0. The molecule has 0 saturated carbocycles. The van der Waals surface area contributed by atoms with Gasteiger partial charge in [0.05, 0.1) is 12.8 Å². The van der Waals surface area contributed by atoms with Crippen LogP contribution in [-0.2, 0) is 7.05 Å². The van der Waals surface area contributed by atoms with Gasteiger partial charge in [-0.15, -0.1) is 0 Å². The zero-order chi connectivity index (χ0) is 12.6. The predicted molar refractivity (Wildman–Crippen MR) is 64.3 cm³/mol. The number of rotatable bonds is 2. The number of anilines is 1. The van der Waals surface area contributed by atoms with Crippen molar-refractivity contribution in [3.63, 3.8) is 0 Å². The Labute approximate surface area is 98.8 Å². The first-order valence-corrected chi connectivity index (χ1v) is 5.17. The van der Waals surface area contributed by atoms with Crippen molar-refractivity contribution < 1.29 is 9.13 Å². The molecule has 0 aliphatic carbocycles. The maximum absolute atomic E-state index is 13.6. The van der Waals surface area contributed by atoms with Crippen LogP contribution in [0.5, 0.6) is 5.75 Å². The van der Waals surface area contributed by atoms with E-state index in [1.165, 1.54) is 13.2 Å². The fourth-order valence-electron chi connectivity index (χ4n) is 1.87. The second kappa shape index (κ2) is 4.08. The van der Waals surface area contributed by atoms with Crippen molar-refractivity contribution >= 4 is 5.82 Å². The van der Waals surface area contributed by atoms with E-state index < -0.39 is 5.82 Å². The molecule has 4 nitrogen and oxygen atoms in total. The molecule has 1 heterocycles. The first-order chi connectivity index (χ1) is 8.04. The first-order valence-electron chi connectivity index (χ1n) is 5.17. The van der Waals surface area contributed by atoms with Crippen molar-refractivity contribution in [2.45, 2.75) is 6.92 Å². The van der Waals surface area contributed by atoms with Gasteiger partial charge in [-0.05, 0) is 25.1 Å². The number of nitrogens with two attached hydrogens (primary N) is 1. The summed E-state index contributed by atoms with van der Waals surface area (Å²) in [5.41, 5.74) is 8.11. The summed E-state index contributed by atoms with van der Waals surface area (Å²) in [6, 6.07) is 4.79. The van der Waals surface area contributed by atoms with E-state index in [9.17, 15) is 4.39 Å². The van der Waals surface area contributed by atoms with Crippen LogP contribution in [0, 0.1) is 12.7 Å². The Morgan fingerprint density at radius 2 is 2.12 bits per heavy atom. The summed E-state index contributed by atoms with van der Waals surface area (Å²) in [6.07, 6.45) is 0. The third-order valence-corrected chi connectivity index (χ3v) is 2.75. The predicted octanol–water partition coefficient (Wildman–Crippen LogP) is 2.13. The molecule has 90 valence electrons. The fourth-order valence-corrected chi connectivity index (χ4v) is 1.87. The second-order valence-electron chi connectivity index (χ2n) is 3.83. The van der Waals surface area contributed by atoms with Gasteiger partial charge in [-0.2, -0.15) is 5.10 Å². The molecular formula is C12H14FN3O. The average molecular weight is 235 g/mol. The van der Waals surface area contributed by atoms with E-state index in [1.807, 2.05) is 6.92 Å². The molecule has 2 N–H and O–H groups in total. The van der Waals surface area contributed by atoms with Crippen LogP contribution in [-0.4, -0.2) is 16.9 Å². The lowest BCUT2D eigenvalue weighted by atomic mass is 10.1. The van der Waals surface area contributed by atoms with E-state index >= 15 is 0 Å². The van der Waals surface area contributed by atoms with Crippen LogP contribution in [0.2, 0.25) is 0 Å². The van der Waals surface area contributed by atoms with Crippen LogP contribution >= 0.6 is 0 Å². The lowest BCUT2D eigenvalue weighted by Crippen LogP contribution is -1.96. The van der Waals surface area contributed by atoms with Gasteiger partial charge in [-0.25, -0.2) is 4.39 Å². The molecule has 0 aliphatic heterocycles. The number of hydrogen-bond donors (Lipinski definition) is 1. The van der Waals surface area contributed by atoms with Crippen LogP contribution in [0.3, 0.4) is 0 Å². The van der Waals surface area contributed by atoms with E-state index in [2.05, 4.69) is 5.10 Å². The van der Waals surface area contributed by atoms with Crippen LogP contribution in [0.15, 0.2) is 18.2 Å². The maximum atomic E-state index is 13.6. The molecule has 0 bridgehead atoms. The summed E-state index contributed by atoms with van der Waals surface area (Å²) < 4.78 is 20.1. The number of methoxy groups -OCH3 is 1. The third kappa shape index (κ3) is 1.84. The molecule has 17 heavy (non-hydrogen) atoms. The molecule has 0 amide bonds. The van der Waals surface area contributed by atoms with E-state index in [0.29, 0.717) is 5.82 Å². The van der Waals surface area contributed by atoms with Gasteiger partial charge >= 0.3 is 0 Å². The fraction of sp³-hybridized carbons (Fsp3) is 0.250.